The number of carbonyl (C=O) groups is 1. The molecule has 1 heterocycles. The van der Waals surface area contributed by atoms with Crippen molar-refractivity contribution in [2.45, 2.75) is 12.6 Å². The van der Waals surface area contributed by atoms with Crippen LogP contribution in [0.2, 0.25) is 0 Å². The molecule has 0 aromatic heterocycles. The van der Waals surface area contributed by atoms with Gasteiger partial charge in [-0.05, 0) is 42.8 Å². The van der Waals surface area contributed by atoms with Gasteiger partial charge in [0.15, 0.2) is 17.2 Å². The van der Waals surface area contributed by atoms with E-state index in [-0.39, 0.29) is 11.6 Å². The van der Waals surface area contributed by atoms with Crippen molar-refractivity contribution in [2.75, 3.05) is 19.5 Å². The van der Waals surface area contributed by atoms with Gasteiger partial charge in [0.2, 0.25) is 0 Å². The highest BCUT2D eigenvalue weighted by Gasteiger charge is 2.43. The molecule has 0 saturated heterocycles. The van der Waals surface area contributed by atoms with Crippen molar-refractivity contribution >= 4 is 23.5 Å². The number of para-hydroxylation sites is 1. The largest absolute Gasteiger partial charge is 0.493 e. The number of rotatable bonds is 6. The van der Waals surface area contributed by atoms with E-state index in [1.807, 2.05) is 6.07 Å². The molecule has 1 N–H and O–H groups in total. The summed E-state index contributed by atoms with van der Waals surface area (Å²) in [4.78, 5) is 24.4. The molecule has 168 valence electrons. The van der Waals surface area contributed by atoms with Gasteiger partial charge in [-0.15, -0.1) is 0 Å². The Labute approximate surface area is 190 Å². The normalized spacial score (nSPS) is 17.4. The maximum atomic E-state index is 13.5. The number of benzene rings is 3. The van der Waals surface area contributed by atoms with Gasteiger partial charge in [0.05, 0.1) is 30.9 Å². The van der Waals surface area contributed by atoms with Crippen LogP contribution in [0.25, 0.3) is 0 Å². The molecule has 0 saturated carbocycles. The lowest BCUT2D eigenvalue weighted by Crippen LogP contribution is -2.53. The summed E-state index contributed by atoms with van der Waals surface area (Å²) in [6.45, 7) is 1.76. The second kappa shape index (κ2) is 8.62. The average molecular weight is 446 g/mol. The minimum Gasteiger partial charge on any atom is -0.493 e. The van der Waals surface area contributed by atoms with Gasteiger partial charge in [0.25, 0.3) is 11.6 Å². The summed E-state index contributed by atoms with van der Waals surface area (Å²) in [6, 6.07) is 18.5. The van der Waals surface area contributed by atoms with Crippen molar-refractivity contribution in [3.63, 3.8) is 0 Å². The number of nitro benzene ring substituents is 1. The van der Waals surface area contributed by atoms with Gasteiger partial charge in [0.1, 0.15) is 0 Å². The lowest BCUT2D eigenvalue weighted by atomic mass is 9.95. The van der Waals surface area contributed by atoms with Crippen LogP contribution in [0.4, 0.5) is 11.4 Å². The average Bonchev–Trinajstić information content (AvgIpc) is 2.83. The number of hydrogen-bond acceptors (Lipinski definition) is 7. The van der Waals surface area contributed by atoms with Gasteiger partial charge in [0, 0.05) is 23.4 Å². The van der Waals surface area contributed by atoms with Crippen molar-refractivity contribution in [3.8, 4) is 11.5 Å². The Morgan fingerprint density at radius 3 is 2.52 bits per heavy atom. The van der Waals surface area contributed by atoms with Gasteiger partial charge in [-0.25, -0.2) is 0 Å². The van der Waals surface area contributed by atoms with E-state index in [1.165, 1.54) is 30.5 Å². The molecule has 33 heavy (non-hydrogen) atoms. The Kier molecular flexibility index (Phi) is 5.70. The van der Waals surface area contributed by atoms with Crippen LogP contribution in [0, 0.1) is 10.1 Å². The first-order valence-corrected chi connectivity index (χ1v) is 10.1. The number of amides is 1. The van der Waals surface area contributed by atoms with Crippen molar-refractivity contribution < 1.29 is 19.2 Å². The molecular formula is C24H22N4O5. The topological polar surface area (TPSA) is 106 Å². The van der Waals surface area contributed by atoms with Crippen LogP contribution in [0.3, 0.4) is 0 Å². The molecule has 1 aliphatic heterocycles. The van der Waals surface area contributed by atoms with Crippen LogP contribution in [0.15, 0.2) is 71.8 Å². The highest BCUT2D eigenvalue weighted by Crippen LogP contribution is 2.39. The smallest absolute Gasteiger partial charge is 0.278 e. The molecule has 0 spiro atoms. The third kappa shape index (κ3) is 3.96. The Bertz CT molecular complexity index is 1260. The van der Waals surface area contributed by atoms with Gasteiger partial charge < -0.3 is 14.8 Å². The zero-order valence-corrected chi connectivity index (χ0v) is 18.3. The van der Waals surface area contributed by atoms with Crippen LogP contribution < -0.4 is 14.8 Å². The van der Waals surface area contributed by atoms with Crippen LogP contribution >= 0.6 is 0 Å². The molecule has 9 heteroatoms. The molecule has 0 bridgehead atoms. The lowest BCUT2D eigenvalue weighted by Gasteiger charge is -2.43. The Balaban J connectivity index is 1.81. The second-order valence-corrected chi connectivity index (χ2v) is 7.53. The zero-order valence-electron chi connectivity index (χ0n) is 18.3. The fraction of sp³-hybridized carbons (Fsp3) is 0.167. The van der Waals surface area contributed by atoms with E-state index >= 15 is 0 Å². The molecule has 1 unspecified atom stereocenters. The fourth-order valence-corrected chi connectivity index (χ4v) is 3.75. The van der Waals surface area contributed by atoms with E-state index in [9.17, 15) is 14.9 Å². The number of anilines is 1. The summed E-state index contributed by atoms with van der Waals surface area (Å²) in [6.07, 6.45) is 1.53. The first kappa shape index (κ1) is 21.8. The van der Waals surface area contributed by atoms with Crippen molar-refractivity contribution in [3.05, 3.63) is 93.5 Å². The summed E-state index contributed by atoms with van der Waals surface area (Å²) < 4.78 is 10.6. The van der Waals surface area contributed by atoms with E-state index in [4.69, 9.17) is 9.47 Å². The molecule has 0 radical (unpaired) electrons. The van der Waals surface area contributed by atoms with Crippen LogP contribution in [0.1, 0.15) is 28.4 Å². The predicted molar refractivity (Wildman–Crippen MR) is 124 cm³/mol. The monoisotopic (exact) mass is 446 g/mol. The number of carbonyl (C=O) groups excluding carboxylic acids is 1. The van der Waals surface area contributed by atoms with Gasteiger partial charge in [-0.2, -0.15) is 10.1 Å². The summed E-state index contributed by atoms with van der Waals surface area (Å²) in [5, 5.41) is 20.5. The number of non-ortho nitro benzene ring substituents is 1. The number of hydrogen-bond donors (Lipinski definition) is 1. The molecule has 3 aromatic rings. The van der Waals surface area contributed by atoms with Crippen molar-refractivity contribution in [1.82, 2.24) is 5.01 Å². The fourth-order valence-electron chi connectivity index (χ4n) is 3.75. The number of methoxy groups -OCH3 is 2. The van der Waals surface area contributed by atoms with E-state index in [0.717, 1.165) is 0 Å². The van der Waals surface area contributed by atoms with Gasteiger partial charge in [-0.3, -0.25) is 14.9 Å². The summed E-state index contributed by atoms with van der Waals surface area (Å²) >= 11 is 0. The third-order valence-corrected chi connectivity index (χ3v) is 5.50. The maximum Gasteiger partial charge on any atom is 0.278 e. The Hall–Kier alpha value is -4.40. The number of nitro groups is 1. The first-order chi connectivity index (χ1) is 15.9. The molecule has 4 rings (SSSR count). The molecular weight excluding hydrogens is 424 g/mol. The maximum absolute atomic E-state index is 13.5. The second-order valence-electron chi connectivity index (χ2n) is 7.53. The number of nitrogens with zero attached hydrogens (tertiary/aromatic N) is 3. The Morgan fingerprint density at radius 1 is 1.03 bits per heavy atom. The number of nitrogens with one attached hydrogen (secondary N) is 1. The molecule has 0 fully saturated rings. The predicted octanol–water partition coefficient (Wildman–Crippen LogP) is 4.39. The minimum absolute atomic E-state index is 0.0781. The molecule has 9 nitrogen and oxygen atoms in total. The van der Waals surface area contributed by atoms with Crippen molar-refractivity contribution in [1.29, 1.82) is 0 Å². The lowest BCUT2D eigenvalue weighted by molar-refractivity contribution is -0.385. The van der Waals surface area contributed by atoms with Crippen LogP contribution in [-0.2, 0) is 5.66 Å². The SMILES string of the molecule is COc1ccc(C=NN2C(=O)c3ccccc3NC2(C)c2cccc([N+](=O)[O-])c2)cc1OC. The third-order valence-electron chi connectivity index (χ3n) is 5.50. The quantitative estimate of drug-likeness (QED) is 0.342. The number of fused-ring (bicyclic) bond motifs is 1. The van der Waals surface area contributed by atoms with Gasteiger partial charge in [-0.1, -0.05) is 24.3 Å². The van der Waals surface area contributed by atoms with E-state index in [0.29, 0.717) is 33.9 Å². The molecule has 0 aliphatic carbocycles. The molecule has 1 atom stereocenters. The van der Waals surface area contributed by atoms with Gasteiger partial charge >= 0.3 is 0 Å². The summed E-state index contributed by atoms with van der Waals surface area (Å²) in [5.41, 5.74) is 1.01. The van der Waals surface area contributed by atoms with Crippen molar-refractivity contribution in [2.24, 2.45) is 5.10 Å². The van der Waals surface area contributed by atoms with E-state index < -0.39 is 10.6 Å². The zero-order chi connectivity index (χ0) is 23.6. The van der Waals surface area contributed by atoms with Crippen LogP contribution in [-0.4, -0.2) is 36.3 Å². The van der Waals surface area contributed by atoms with E-state index in [2.05, 4.69) is 10.4 Å². The highest BCUT2D eigenvalue weighted by atomic mass is 16.6. The molecule has 1 amide bonds. The summed E-state index contributed by atoms with van der Waals surface area (Å²) in [5.74, 6) is 0.757. The minimum atomic E-state index is -1.18. The van der Waals surface area contributed by atoms with E-state index in [1.54, 1.807) is 62.6 Å². The summed E-state index contributed by atoms with van der Waals surface area (Å²) in [7, 11) is 3.08. The number of ether oxygens (including phenoxy) is 2. The molecule has 3 aromatic carbocycles. The Morgan fingerprint density at radius 2 is 1.79 bits per heavy atom. The highest BCUT2D eigenvalue weighted by molar-refractivity contribution is 6.02. The number of hydrazone groups is 1. The standard InChI is InChI=1S/C24H22N4O5/c1-24(17-7-6-8-18(14-17)28(30)31)26-20-10-5-4-9-19(20)23(29)27(24)25-15-16-11-12-21(32-2)22(13-16)33-3/h4-15,26H,1-3H3. The molecule has 1 aliphatic rings. The van der Waals surface area contributed by atoms with Crippen LogP contribution in [0.5, 0.6) is 11.5 Å². The first-order valence-electron chi connectivity index (χ1n) is 10.1.